The van der Waals surface area contributed by atoms with Crippen molar-refractivity contribution in [2.24, 2.45) is 5.41 Å². The molecule has 0 unspecified atom stereocenters. The van der Waals surface area contributed by atoms with Crippen LogP contribution >= 0.6 is 11.6 Å². The van der Waals surface area contributed by atoms with E-state index >= 15 is 0 Å². The quantitative estimate of drug-likeness (QED) is 0.782. The van der Waals surface area contributed by atoms with E-state index in [1.54, 1.807) is 6.20 Å². The number of H-pyrrole nitrogens is 1. The van der Waals surface area contributed by atoms with E-state index in [2.05, 4.69) is 47.8 Å². The number of hydrogen-bond donors (Lipinski definition) is 2. The number of benzene rings is 1. The number of aromatic amines is 1. The summed E-state index contributed by atoms with van der Waals surface area (Å²) in [5.41, 5.74) is 3.83. The van der Waals surface area contributed by atoms with Gasteiger partial charge < -0.3 is 10.3 Å². The molecule has 0 amide bonds. The maximum absolute atomic E-state index is 5.91. The monoisotopic (exact) mass is 317 g/mol. The van der Waals surface area contributed by atoms with Gasteiger partial charge in [-0.25, -0.2) is 4.98 Å². The Morgan fingerprint density at radius 2 is 2.14 bits per heavy atom. The van der Waals surface area contributed by atoms with Crippen LogP contribution in [0.3, 0.4) is 0 Å². The molecule has 0 radical (unpaired) electrons. The molecular formula is C18H24ClN3. The highest BCUT2D eigenvalue weighted by molar-refractivity contribution is 6.30. The van der Waals surface area contributed by atoms with Crippen LogP contribution < -0.4 is 5.32 Å². The lowest BCUT2D eigenvalue weighted by Gasteiger charge is -2.03. The van der Waals surface area contributed by atoms with Crippen molar-refractivity contribution in [3.8, 4) is 0 Å². The van der Waals surface area contributed by atoms with Crippen LogP contribution in [-0.4, -0.2) is 9.97 Å². The van der Waals surface area contributed by atoms with Gasteiger partial charge in [0.15, 0.2) is 0 Å². The molecule has 22 heavy (non-hydrogen) atoms. The van der Waals surface area contributed by atoms with Gasteiger partial charge in [0.05, 0.1) is 0 Å². The van der Waals surface area contributed by atoms with Crippen LogP contribution in [0.1, 0.15) is 44.4 Å². The number of anilines is 1. The standard InChI is InChI=1S/C11H13Cl.C7H11N3/c1-11(2)7-10(11)8-4-3-5-9(12)6-8;1-5(2)9-7-8-4-6(3)10-7/h3-6,10H,7H2,1-2H3;4H,1H2,2-3H3,(H2,8,9,10)/t10-;/m0./s1. The zero-order valence-corrected chi connectivity index (χ0v) is 14.5. The first-order valence-corrected chi connectivity index (χ1v) is 7.85. The zero-order valence-electron chi connectivity index (χ0n) is 13.7. The number of halogens is 1. The number of nitrogens with one attached hydrogen (secondary N) is 2. The molecule has 2 aromatic rings. The van der Waals surface area contributed by atoms with Crippen molar-refractivity contribution in [2.75, 3.05) is 5.32 Å². The Labute approximate surface area is 137 Å². The first-order chi connectivity index (χ1) is 10.3. The van der Waals surface area contributed by atoms with Crippen molar-refractivity contribution >= 4 is 17.5 Å². The Bertz CT molecular complexity index is 658. The summed E-state index contributed by atoms with van der Waals surface area (Å²) in [4.78, 5) is 7.05. The van der Waals surface area contributed by atoms with E-state index in [4.69, 9.17) is 11.6 Å². The number of nitrogens with zero attached hydrogens (tertiary/aromatic N) is 1. The van der Waals surface area contributed by atoms with Gasteiger partial charge in [-0.2, -0.15) is 0 Å². The van der Waals surface area contributed by atoms with E-state index in [0.717, 1.165) is 28.3 Å². The molecule has 1 fully saturated rings. The lowest BCUT2D eigenvalue weighted by Crippen LogP contribution is -1.94. The lowest BCUT2D eigenvalue weighted by molar-refractivity contribution is 0.622. The zero-order chi connectivity index (χ0) is 16.3. The average molecular weight is 318 g/mol. The molecule has 3 nitrogen and oxygen atoms in total. The Morgan fingerprint density at radius 3 is 2.59 bits per heavy atom. The van der Waals surface area contributed by atoms with Gasteiger partial charge in [-0.1, -0.05) is 44.2 Å². The lowest BCUT2D eigenvalue weighted by atomic mass is 10.0. The molecule has 0 spiro atoms. The van der Waals surface area contributed by atoms with Crippen LogP contribution in [0.4, 0.5) is 5.95 Å². The minimum Gasteiger partial charge on any atom is -0.330 e. The summed E-state index contributed by atoms with van der Waals surface area (Å²) >= 11 is 5.91. The van der Waals surface area contributed by atoms with E-state index in [0.29, 0.717) is 5.41 Å². The van der Waals surface area contributed by atoms with Crippen molar-refractivity contribution < 1.29 is 0 Å². The van der Waals surface area contributed by atoms with Crippen molar-refractivity contribution in [3.63, 3.8) is 0 Å². The van der Waals surface area contributed by atoms with Gasteiger partial charge in [0, 0.05) is 22.6 Å². The predicted molar refractivity (Wildman–Crippen MR) is 94.4 cm³/mol. The van der Waals surface area contributed by atoms with E-state index < -0.39 is 0 Å². The van der Waals surface area contributed by atoms with Crippen molar-refractivity contribution in [1.82, 2.24) is 9.97 Å². The summed E-state index contributed by atoms with van der Waals surface area (Å²) in [5.74, 6) is 1.49. The second-order valence-corrected chi connectivity index (χ2v) is 7.06. The van der Waals surface area contributed by atoms with Gasteiger partial charge in [-0.3, -0.25) is 0 Å². The molecule has 0 saturated heterocycles. The second kappa shape index (κ2) is 6.57. The number of aryl methyl sites for hydroxylation is 1. The average Bonchev–Trinajstić information content (AvgIpc) is 2.86. The first kappa shape index (κ1) is 16.6. The summed E-state index contributed by atoms with van der Waals surface area (Å²) in [6.45, 7) is 12.1. The Morgan fingerprint density at radius 1 is 1.45 bits per heavy atom. The molecule has 1 aromatic carbocycles. The van der Waals surface area contributed by atoms with Gasteiger partial charge in [0.2, 0.25) is 5.95 Å². The minimum absolute atomic E-state index is 0.505. The highest BCUT2D eigenvalue weighted by atomic mass is 35.5. The minimum atomic E-state index is 0.505. The fourth-order valence-electron chi connectivity index (χ4n) is 2.44. The molecule has 1 aliphatic carbocycles. The van der Waals surface area contributed by atoms with E-state index in [9.17, 15) is 0 Å². The van der Waals surface area contributed by atoms with Crippen molar-refractivity contribution in [1.29, 1.82) is 0 Å². The maximum Gasteiger partial charge on any atom is 0.204 e. The van der Waals surface area contributed by atoms with Crippen LogP contribution in [0, 0.1) is 12.3 Å². The third-order valence-corrected chi connectivity index (χ3v) is 4.03. The van der Waals surface area contributed by atoms with Gasteiger partial charge in [0.25, 0.3) is 0 Å². The molecule has 0 bridgehead atoms. The van der Waals surface area contributed by atoms with Crippen LogP contribution in [0.25, 0.3) is 0 Å². The first-order valence-electron chi connectivity index (χ1n) is 7.47. The molecule has 1 heterocycles. The molecule has 1 saturated carbocycles. The summed E-state index contributed by atoms with van der Waals surface area (Å²) in [5, 5.41) is 3.82. The molecule has 4 heteroatoms. The molecule has 1 aromatic heterocycles. The van der Waals surface area contributed by atoms with Crippen LogP contribution in [0.5, 0.6) is 0 Å². The molecule has 0 aliphatic heterocycles. The van der Waals surface area contributed by atoms with Crippen LogP contribution in [0.15, 0.2) is 42.7 Å². The Balaban J connectivity index is 0.000000164. The smallest absolute Gasteiger partial charge is 0.204 e. The number of aromatic nitrogens is 2. The van der Waals surface area contributed by atoms with E-state index in [-0.39, 0.29) is 0 Å². The van der Waals surface area contributed by atoms with Crippen LogP contribution in [0.2, 0.25) is 5.02 Å². The topological polar surface area (TPSA) is 40.7 Å². The number of imidazole rings is 1. The largest absolute Gasteiger partial charge is 0.330 e. The molecular weight excluding hydrogens is 294 g/mol. The van der Waals surface area contributed by atoms with Gasteiger partial charge in [-0.15, -0.1) is 0 Å². The molecule has 1 atom stereocenters. The predicted octanol–water partition coefficient (Wildman–Crippen LogP) is 5.52. The summed E-state index contributed by atoms with van der Waals surface area (Å²) in [6.07, 6.45) is 3.07. The summed E-state index contributed by atoms with van der Waals surface area (Å²) < 4.78 is 0. The molecule has 3 rings (SSSR count). The van der Waals surface area contributed by atoms with Gasteiger partial charge in [0.1, 0.15) is 0 Å². The number of rotatable bonds is 3. The fraction of sp³-hybridized carbons (Fsp3) is 0.389. The third kappa shape index (κ3) is 4.63. The van der Waals surface area contributed by atoms with E-state index in [1.165, 1.54) is 12.0 Å². The summed E-state index contributed by atoms with van der Waals surface area (Å²) in [7, 11) is 0. The van der Waals surface area contributed by atoms with Crippen molar-refractivity contribution in [3.05, 3.63) is 59.0 Å². The maximum atomic E-state index is 5.91. The van der Waals surface area contributed by atoms with Gasteiger partial charge >= 0.3 is 0 Å². The second-order valence-electron chi connectivity index (χ2n) is 6.62. The van der Waals surface area contributed by atoms with Gasteiger partial charge in [-0.05, 0) is 49.3 Å². The SMILES string of the molecule is C=C(C)Nc1ncc(C)[nH]1.CC1(C)C[C@H]1c1cccc(Cl)c1. The number of allylic oxidation sites excluding steroid dienone is 1. The molecule has 118 valence electrons. The molecule has 2 N–H and O–H groups in total. The van der Waals surface area contributed by atoms with Crippen molar-refractivity contribution in [2.45, 2.75) is 40.0 Å². The van der Waals surface area contributed by atoms with E-state index in [1.807, 2.05) is 26.0 Å². The Kier molecular flexibility index (Phi) is 4.97. The Hall–Kier alpha value is -1.74. The van der Waals surface area contributed by atoms with Crippen LogP contribution in [-0.2, 0) is 0 Å². The number of hydrogen-bond acceptors (Lipinski definition) is 2. The highest BCUT2D eigenvalue weighted by Gasteiger charge is 2.46. The summed E-state index contributed by atoms with van der Waals surface area (Å²) in [6, 6.07) is 8.22. The highest BCUT2D eigenvalue weighted by Crippen LogP contribution is 2.58. The normalized spacial score (nSPS) is 18.1. The third-order valence-electron chi connectivity index (χ3n) is 3.80. The molecule has 1 aliphatic rings. The fourth-order valence-corrected chi connectivity index (χ4v) is 2.64.